The van der Waals surface area contributed by atoms with Crippen molar-refractivity contribution in [2.45, 2.75) is 26.6 Å². The Morgan fingerprint density at radius 2 is 2.32 bits per heavy atom. The molecule has 0 aliphatic rings. The molecule has 0 aliphatic carbocycles. The van der Waals surface area contributed by atoms with E-state index in [1.165, 1.54) is 21.6 Å². The first-order valence-electron chi connectivity index (χ1n) is 6.49. The van der Waals surface area contributed by atoms with Gasteiger partial charge in [-0.1, -0.05) is 0 Å². The second-order valence-corrected chi connectivity index (χ2v) is 4.61. The van der Waals surface area contributed by atoms with Crippen molar-refractivity contribution in [3.05, 3.63) is 34.3 Å². The molecule has 0 unspecified atom stereocenters. The average Bonchev–Trinajstić information content (AvgIpc) is 3.04. The first-order chi connectivity index (χ1) is 10.5. The van der Waals surface area contributed by atoms with Gasteiger partial charge in [0.15, 0.2) is 0 Å². The van der Waals surface area contributed by atoms with Crippen molar-refractivity contribution in [2.24, 2.45) is 0 Å². The van der Waals surface area contributed by atoms with Crippen LogP contribution in [0.25, 0.3) is 0 Å². The molecule has 10 heteroatoms. The summed E-state index contributed by atoms with van der Waals surface area (Å²) in [6.45, 7) is 2.26. The molecule has 0 bridgehead atoms. The molecule has 0 spiro atoms. The Kier molecular flexibility index (Phi) is 4.84. The fourth-order valence-corrected chi connectivity index (χ4v) is 1.87. The zero-order valence-electron chi connectivity index (χ0n) is 12.2. The van der Waals surface area contributed by atoms with Crippen LogP contribution in [0.5, 0.6) is 0 Å². The Labute approximate surface area is 125 Å². The van der Waals surface area contributed by atoms with E-state index in [0.29, 0.717) is 18.1 Å². The lowest BCUT2D eigenvalue weighted by molar-refractivity contribution is -0.389. The van der Waals surface area contributed by atoms with E-state index in [0.717, 1.165) is 0 Å². The number of carbonyl (C=O) groups is 1. The van der Waals surface area contributed by atoms with Crippen LogP contribution in [0.2, 0.25) is 0 Å². The number of amides is 1. The average molecular weight is 308 g/mol. The van der Waals surface area contributed by atoms with Crippen LogP contribution in [0.1, 0.15) is 12.1 Å². The Bertz CT molecular complexity index is 677. The van der Waals surface area contributed by atoms with Crippen LogP contribution in [-0.4, -0.2) is 37.5 Å². The van der Waals surface area contributed by atoms with Gasteiger partial charge < -0.3 is 20.2 Å². The zero-order chi connectivity index (χ0) is 16.1. The minimum atomic E-state index is -0.562. The van der Waals surface area contributed by atoms with Crippen molar-refractivity contribution < 1.29 is 14.5 Å². The van der Waals surface area contributed by atoms with Gasteiger partial charge in [-0.2, -0.15) is 9.78 Å². The largest absolute Gasteiger partial charge is 0.390 e. The Morgan fingerprint density at radius 1 is 1.55 bits per heavy atom. The summed E-state index contributed by atoms with van der Waals surface area (Å²) in [7, 11) is 1.55. The predicted octanol–water partition coefficient (Wildman–Crippen LogP) is 0.929. The number of nitrogens with zero attached hydrogens (tertiary/aromatic N) is 5. The molecule has 0 atom stereocenters. The minimum absolute atomic E-state index is 0.148. The van der Waals surface area contributed by atoms with Crippen LogP contribution in [0.15, 0.2) is 18.5 Å². The lowest BCUT2D eigenvalue weighted by atomic mass is 10.3. The number of nitrogens with one attached hydrogen (secondary N) is 1. The van der Waals surface area contributed by atoms with Gasteiger partial charge in [0.05, 0.1) is 41.5 Å². The summed E-state index contributed by atoms with van der Waals surface area (Å²) in [5.74, 6) is -0.451. The number of rotatable bonds is 7. The van der Waals surface area contributed by atoms with E-state index in [1.54, 1.807) is 20.2 Å². The molecule has 1 amide bonds. The van der Waals surface area contributed by atoms with Crippen molar-refractivity contribution in [1.29, 1.82) is 0 Å². The van der Waals surface area contributed by atoms with Gasteiger partial charge in [0.2, 0.25) is 5.91 Å². The normalized spacial score (nSPS) is 10.6. The highest BCUT2D eigenvalue weighted by atomic mass is 16.6. The summed E-state index contributed by atoms with van der Waals surface area (Å²) >= 11 is 0. The smallest absolute Gasteiger partial charge is 0.362 e. The van der Waals surface area contributed by atoms with Crippen molar-refractivity contribution in [3.63, 3.8) is 0 Å². The Hall–Kier alpha value is -2.75. The fraction of sp³-hybridized carbons (Fsp3) is 0.417. The van der Waals surface area contributed by atoms with Crippen molar-refractivity contribution in [3.8, 4) is 0 Å². The maximum absolute atomic E-state index is 11.9. The van der Waals surface area contributed by atoms with Crippen molar-refractivity contribution >= 4 is 17.4 Å². The maximum atomic E-state index is 11.9. The standard InChI is InChI=1S/C12H16N6O4/c1-9-5-11(18(20)21)15-17(9)4-3-12(19)14-10-6-13-16(7-10)8-22-2/h5-7H,3-4,8H2,1-2H3,(H,14,19). The van der Waals surface area contributed by atoms with Gasteiger partial charge in [0.25, 0.3) is 0 Å². The minimum Gasteiger partial charge on any atom is -0.362 e. The molecule has 22 heavy (non-hydrogen) atoms. The summed E-state index contributed by atoms with van der Waals surface area (Å²) in [4.78, 5) is 21.9. The molecule has 118 valence electrons. The van der Waals surface area contributed by atoms with Gasteiger partial charge in [0, 0.05) is 13.5 Å². The van der Waals surface area contributed by atoms with Crippen molar-refractivity contribution in [1.82, 2.24) is 19.6 Å². The van der Waals surface area contributed by atoms with Crippen LogP contribution in [0, 0.1) is 17.0 Å². The van der Waals surface area contributed by atoms with E-state index in [9.17, 15) is 14.9 Å². The molecular formula is C12H16N6O4. The molecule has 0 saturated carbocycles. The third kappa shape index (κ3) is 3.88. The van der Waals surface area contributed by atoms with Gasteiger partial charge in [-0.3, -0.25) is 4.79 Å². The highest BCUT2D eigenvalue weighted by Crippen LogP contribution is 2.12. The molecule has 2 heterocycles. The van der Waals surface area contributed by atoms with E-state index in [1.807, 2.05) is 0 Å². The number of hydrogen-bond acceptors (Lipinski definition) is 6. The lowest BCUT2D eigenvalue weighted by Gasteiger charge is -2.02. The molecule has 1 N–H and O–H groups in total. The van der Waals surface area contributed by atoms with E-state index in [2.05, 4.69) is 15.5 Å². The third-order valence-electron chi connectivity index (χ3n) is 2.88. The number of nitro groups is 1. The van der Waals surface area contributed by atoms with Crippen molar-refractivity contribution in [2.75, 3.05) is 12.4 Å². The van der Waals surface area contributed by atoms with Gasteiger partial charge in [-0.25, -0.2) is 4.68 Å². The fourth-order valence-electron chi connectivity index (χ4n) is 1.87. The van der Waals surface area contributed by atoms with Gasteiger partial charge in [0.1, 0.15) is 6.73 Å². The van der Waals surface area contributed by atoms with Crippen LogP contribution >= 0.6 is 0 Å². The number of anilines is 1. The van der Waals surface area contributed by atoms with Crippen LogP contribution < -0.4 is 5.32 Å². The molecule has 2 aromatic rings. The monoisotopic (exact) mass is 308 g/mol. The summed E-state index contributed by atoms with van der Waals surface area (Å²) in [6, 6.07) is 1.37. The first kappa shape index (κ1) is 15.6. The highest BCUT2D eigenvalue weighted by molar-refractivity contribution is 5.90. The summed E-state index contributed by atoms with van der Waals surface area (Å²) < 4.78 is 7.88. The summed E-state index contributed by atoms with van der Waals surface area (Å²) in [6.07, 6.45) is 3.31. The lowest BCUT2D eigenvalue weighted by Crippen LogP contribution is -2.15. The molecule has 0 saturated heterocycles. The number of aromatic nitrogens is 4. The molecule has 10 nitrogen and oxygen atoms in total. The van der Waals surface area contributed by atoms with E-state index >= 15 is 0 Å². The second-order valence-electron chi connectivity index (χ2n) is 4.61. The molecule has 0 aromatic carbocycles. The molecule has 0 aliphatic heterocycles. The van der Waals surface area contributed by atoms with Crippen LogP contribution in [-0.2, 0) is 22.8 Å². The molecule has 2 aromatic heterocycles. The zero-order valence-corrected chi connectivity index (χ0v) is 12.2. The quantitative estimate of drug-likeness (QED) is 0.600. The SMILES string of the molecule is COCn1cc(NC(=O)CCn2nc([N+](=O)[O-])cc2C)cn1. The highest BCUT2D eigenvalue weighted by Gasteiger charge is 2.16. The number of hydrogen-bond donors (Lipinski definition) is 1. The van der Waals surface area contributed by atoms with E-state index in [4.69, 9.17) is 4.74 Å². The summed E-state index contributed by atoms with van der Waals surface area (Å²) in [5.41, 5.74) is 1.19. The van der Waals surface area contributed by atoms with Gasteiger partial charge in [-0.15, -0.1) is 0 Å². The molecule has 0 fully saturated rings. The first-order valence-corrected chi connectivity index (χ1v) is 6.49. The predicted molar refractivity (Wildman–Crippen MR) is 76.1 cm³/mol. The van der Waals surface area contributed by atoms with E-state index < -0.39 is 4.92 Å². The van der Waals surface area contributed by atoms with Gasteiger partial charge in [-0.05, 0) is 11.8 Å². The number of ether oxygens (including phenoxy) is 1. The Balaban J connectivity index is 1.88. The second kappa shape index (κ2) is 6.80. The number of carbonyl (C=O) groups excluding carboxylic acids is 1. The molecule has 0 radical (unpaired) electrons. The summed E-state index contributed by atoms with van der Waals surface area (Å²) in [5, 5.41) is 21.1. The number of methoxy groups -OCH3 is 1. The van der Waals surface area contributed by atoms with E-state index in [-0.39, 0.29) is 24.7 Å². The van der Waals surface area contributed by atoms with Crippen LogP contribution in [0.3, 0.4) is 0 Å². The Morgan fingerprint density at radius 3 is 2.95 bits per heavy atom. The molecule has 2 rings (SSSR count). The topological polar surface area (TPSA) is 117 Å². The van der Waals surface area contributed by atoms with Crippen LogP contribution in [0.4, 0.5) is 11.5 Å². The molecular weight excluding hydrogens is 292 g/mol. The number of aryl methyl sites for hydroxylation is 2. The van der Waals surface area contributed by atoms with Gasteiger partial charge >= 0.3 is 5.82 Å². The maximum Gasteiger partial charge on any atom is 0.390 e. The third-order valence-corrected chi connectivity index (χ3v) is 2.88.